The zero-order valence-electron chi connectivity index (χ0n) is 19.5. The van der Waals surface area contributed by atoms with Crippen LogP contribution in [0.3, 0.4) is 0 Å². The molecule has 0 saturated heterocycles. The van der Waals surface area contributed by atoms with Gasteiger partial charge in [-0.25, -0.2) is 9.55 Å². The van der Waals surface area contributed by atoms with Crippen LogP contribution < -0.4 is 27.1 Å². The van der Waals surface area contributed by atoms with Crippen LogP contribution in [0.15, 0.2) is 71.0 Å². The lowest BCUT2D eigenvalue weighted by Gasteiger charge is -2.02. The molecule has 2 heterocycles. The Morgan fingerprint density at radius 1 is 0.882 bits per heavy atom. The van der Waals surface area contributed by atoms with Gasteiger partial charge in [0.2, 0.25) is 0 Å². The Balaban J connectivity index is 0.00000408. The van der Waals surface area contributed by atoms with E-state index in [1.54, 1.807) is 30.1 Å². The monoisotopic (exact) mass is 543 g/mol. The summed E-state index contributed by atoms with van der Waals surface area (Å²) in [5.74, 6) is 1.30. The van der Waals surface area contributed by atoms with E-state index >= 15 is 0 Å². The van der Waals surface area contributed by atoms with Gasteiger partial charge in [0.05, 0.1) is 0 Å². The van der Waals surface area contributed by atoms with Crippen LogP contribution in [0, 0.1) is 0 Å². The number of rotatable bonds is 14. The summed E-state index contributed by atoms with van der Waals surface area (Å²) >= 11 is 1.63. The third-order valence-electron chi connectivity index (χ3n) is 5.45. The molecular weight excluding hydrogens is 510 g/mol. The highest BCUT2D eigenvalue weighted by Gasteiger charge is 2.01. The number of nitrogens with zero attached hydrogens (tertiary/aromatic N) is 2. The van der Waals surface area contributed by atoms with E-state index in [0.717, 1.165) is 28.6 Å². The van der Waals surface area contributed by atoms with Crippen LogP contribution in [0.5, 0.6) is 5.75 Å². The highest BCUT2D eigenvalue weighted by atomic mass is 79.9. The largest absolute Gasteiger partial charge is 1.00 e. The average Bonchev–Trinajstić information content (AvgIpc) is 2.82. The third kappa shape index (κ3) is 11.2. The van der Waals surface area contributed by atoms with Crippen LogP contribution in [-0.2, 0) is 6.54 Å². The van der Waals surface area contributed by atoms with Crippen molar-refractivity contribution < 1.29 is 26.7 Å². The molecule has 5 nitrogen and oxygen atoms in total. The lowest BCUT2D eigenvalue weighted by Crippen LogP contribution is -3.00. The molecule has 0 fully saturated rings. The Morgan fingerprint density at radius 3 is 2.26 bits per heavy atom. The summed E-state index contributed by atoms with van der Waals surface area (Å²) in [5.41, 5.74) is 2.07. The minimum Gasteiger partial charge on any atom is -1.00 e. The summed E-state index contributed by atoms with van der Waals surface area (Å²) in [6, 6.07) is 13.0. The van der Waals surface area contributed by atoms with E-state index in [2.05, 4.69) is 45.1 Å². The fourth-order valence-corrected chi connectivity index (χ4v) is 4.45. The van der Waals surface area contributed by atoms with Crippen LogP contribution in [0.2, 0.25) is 0 Å². The molecule has 0 aliphatic carbocycles. The molecule has 34 heavy (non-hydrogen) atoms. The quantitative estimate of drug-likeness (QED) is 0.142. The van der Waals surface area contributed by atoms with Crippen molar-refractivity contribution in [3.63, 3.8) is 0 Å². The number of benzene rings is 1. The number of unbranched alkanes of at least 4 members (excludes halogenated alkanes) is 7. The van der Waals surface area contributed by atoms with Crippen molar-refractivity contribution in [3.8, 4) is 5.75 Å². The van der Waals surface area contributed by atoms with Gasteiger partial charge in [-0.2, -0.15) is 0 Å². The summed E-state index contributed by atoms with van der Waals surface area (Å²) in [4.78, 5) is 18.1. The molecule has 2 aromatic heterocycles. The Kier molecular flexibility index (Phi) is 13.3. The zero-order valence-corrected chi connectivity index (χ0v) is 21.9. The molecule has 1 aromatic carbocycles. The van der Waals surface area contributed by atoms with E-state index < -0.39 is 0 Å². The lowest BCUT2D eigenvalue weighted by molar-refractivity contribution is -0.697. The lowest BCUT2D eigenvalue weighted by atomic mass is 10.1. The van der Waals surface area contributed by atoms with Gasteiger partial charge in [-0.3, -0.25) is 4.79 Å². The normalized spacial score (nSPS) is 10.9. The third-order valence-corrected chi connectivity index (χ3v) is 6.43. The second-order valence-corrected chi connectivity index (χ2v) is 9.30. The number of pyridine rings is 1. The second-order valence-electron chi connectivity index (χ2n) is 8.21. The van der Waals surface area contributed by atoms with Crippen LogP contribution in [0.1, 0.15) is 62.5 Å². The predicted molar refractivity (Wildman–Crippen MR) is 136 cm³/mol. The molecule has 0 amide bonds. The van der Waals surface area contributed by atoms with Crippen LogP contribution in [0.4, 0.5) is 0 Å². The SMILES string of the molecule is O=c1ccnc(SCCCCCCCCCC[n+]2ccc(/C=C/c3cccc(O)c3)cc2)[nH]1.[Br-]. The molecule has 3 rings (SSSR count). The molecule has 0 radical (unpaired) electrons. The van der Waals surface area contributed by atoms with Crippen LogP contribution >= 0.6 is 11.8 Å². The highest BCUT2D eigenvalue weighted by molar-refractivity contribution is 7.99. The fourth-order valence-electron chi connectivity index (χ4n) is 3.60. The van der Waals surface area contributed by atoms with Crippen molar-refractivity contribution >= 4 is 23.9 Å². The Morgan fingerprint density at radius 2 is 1.56 bits per heavy atom. The van der Waals surface area contributed by atoms with Gasteiger partial charge in [0, 0.05) is 36.6 Å². The molecular formula is C27H34BrN3O2S. The number of phenolic OH excluding ortho intramolecular Hbond substituents is 1. The summed E-state index contributed by atoms with van der Waals surface area (Å²) in [5, 5.41) is 10.3. The molecule has 0 unspecified atom stereocenters. The van der Waals surface area contributed by atoms with Gasteiger partial charge in [0.15, 0.2) is 17.6 Å². The molecule has 0 spiro atoms. The molecule has 3 aromatic rings. The first-order chi connectivity index (χ1) is 16.2. The molecule has 2 N–H and O–H groups in total. The molecule has 0 bridgehead atoms. The maximum Gasteiger partial charge on any atom is 0.251 e. The van der Waals surface area contributed by atoms with Gasteiger partial charge in [-0.15, -0.1) is 0 Å². The maximum atomic E-state index is 11.2. The molecule has 0 saturated carbocycles. The fraction of sp³-hybridized carbons (Fsp3) is 0.370. The average molecular weight is 545 g/mol. The van der Waals surface area contributed by atoms with Gasteiger partial charge < -0.3 is 27.1 Å². The van der Waals surface area contributed by atoms with Crippen LogP contribution in [-0.4, -0.2) is 20.8 Å². The van der Waals surface area contributed by atoms with Crippen LogP contribution in [0.25, 0.3) is 12.2 Å². The first-order valence-electron chi connectivity index (χ1n) is 11.8. The number of hydrogen-bond donors (Lipinski definition) is 2. The van der Waals surface area contributed by atoms with Crippen molar-refractivity contribution in [1.29, 1.82) is 0 Å². The Labute approximate surface area is 217 Å². The Hall–Kier alpha value is -2.38. The van der Waals surface area contributed by atoms with E-state index in [9.17, 15) is 9.90 Å². The number of nitrogens with one attached hydrogen (secondary N) is 1. The number of hydrogen-bond acceptors (Lipinski definition) is 4. The van der Waals surface area contributed by atoms with Crippen molar-refractivity contribution in [1.82, 2.24) is 9.97 Å². The van der Waals surface area contributed by atoms with Gasteiger partial charge in [0.1, 0.15) is 12.3 Å². The minimum absolute atomic E-state index is 0. The zero-order chi connectivity index (χ0) is 23.1. The summed E-state index contributed by atoms with van der Waals surface area (Å²) in [7, 11) is 0. The highest BCUT2D eigenvalue weighted by Crippen LogP contribution is 2.15. The molecule has 182 valence electrons. The van der Waals surface area contributed by atoms with E-state index in [4.69, 9.17) is 0 Å². The first-order valence-corrected chi connectivity index (χ1v) is 12.8. The second kappa shape index (κ2) is 16.3. The molecule has 0 aliphatic rings. The maximum absolute atomic E-state index is 11.2. The Bertz CT molecular complexity index is 1050. The summed E-state index contributed by atoms with van der Waals surface area (Å²) < 4.78 is 2.25. The number of aromatic hydroxyl groups is 1. The smallest absolute Gasteiger partial charge is 0.251 e. The summed E-state index contributed by atoms with van der Waals surface area (Å²) in [6.45, 7) is 1.06. The van der Waals surface area contributed by atoms with E-state index in [0.29, 0.717) is 5.75 Å². The van der Waals surface area contributed by atoms with Gasteiger partial charge in [-0.05, 0) is 36.1 Å². The van der Waals surface area contributed by atoms with Crippen molar-refractivity contribution in [2.75, 3.05) is 5.75 Å². The van der Waals surface area contributed by atoms with E-state index in [1.165, 1.54) is 57.4 Å². The van der Waals surface area contributed by atoms with Crippen molar-refractivity contribution in [2.45, 2.75) is 63.1 Å². The molecule has 7 heteroatoms. The number of thioether (sulfide) groups is 1. The first kappa shape index (κ1) is 27.9. The molecule has 0 atom stereocenters. The van der Waals surface area contributed by atoms with Gasteiger partial charge in [0.25, 0.3) is 5.56 Å². The minimum atomic E-state index is -0.0820. The number of H-pyrrole nitrogens is 1. The summed E-state index contributed by atoms with van der Waals surface area (Å²) in [6.07, 6.45) is 20.0. The topological polar surface area (TPSA) is 69.9 Å². The number of aromatic nitrogens is 3. The van der Waals surface area contributed by atoms with Gasteiger partial charge in [-0.1, -0.05) is 68.2 Å². The van der Waals surface area contributed by atoms with E-state index in [1.807, 2.05) is 18.2 Å². The number of halogens is 1. The standard InChI is InChI=1S/C27H33N3O2S.BrH/c31-25-11-9-10-24(22-25)13-12-23-15-19-30(20-16-23)18-7-5-3-1-2-4-6-8-21-33-27-28-17-14-26(32)29-27;/h9-17,19-20,22H,1-8,18,21H2,(H-,28,29,31,32);1H/b13-12+;. The van der Waals surface area contributed by atoms with Gasteiger partial charge >= 0.3 is 0 Å². The molecule has 0 aliphatic heterocycles. The number of aryl methyl sites for hydroxylation is 1. The number of aromatic amines is 1. The van der Waals surface area contributed by atoms with Crippen molar-refractivity contribution in [2.24, 2.45) is 0 Å². The predicted octanol–water partition coefficient (Wildman–Crippen LogP) is 2.85. The van der Waals surface area contributed by atoms with Crippen molar-refractivity contribution in [3.05, 3.63) is 82.5 Å². The number of phenols is 1. The van der Waals surface area contributed by atoms with E-state index in [-0.39, 0.29) is 22.5 Å².